The first-order chi connectivity index (χ1) is 31.5. The van der Waals surface area contributed by atoms with E-state index in [9.17, 15) is 19.4 Å². The number of rotatable bonds is 47. The average molecular weight is 929 g/mol. The Morgan fingerprint density at radius 1 is 0.554 bits per heavy atom. The van der Waals surface area contributed by atoms with Gasteiger partial charge in [-0.1, -0.05) is 214 Å². The van der Waals surface area contributed by atoms with Crippen molar-refractivity contribution in [3.63, 3.8) is 0 Å². The first-order valence-electron chi connectivity index (χ1n) is 26.4. The second kappa shape index (κ2) is 46.8. The Morgan fingerprint density at radius 2 is 0.954 bits per heavy atom. The van der Waals surface area contributed by atoms with Gasteiger partial charge in [0.1, 0.15) is 13.2 Å². The molecule has 3 atom stereocenters. The van der Waals surface area contributed by atoms with Crippen molar-refractivity contribution in [3.8, 4) is 0 Å². The van der Waals surface area contributed by atoms with Crippen LogP contribution in [0.5, 0.6) is 0 Å². The fourth-order valence-corrected chi connectivity index (χ4v) is 7.88. The molecular formula is C56H101N2O6P. The van der Waals surface area contributed by atoms with E-state index in [2.05, 4.69) is 92.1 Å². The van der Waals surface area contributed by atoms with Gasteiger partial charge in [0.15, 0.2) is 0 Å². The largest absolute Gasteiger partial charge is 0.756 e. The number of carbonyl (C=O) groups excluding carboxylic acids is 1. The van der Waals surface area contributed by atoms with Gasteiger partial charge in [0.05, 0.1) is 39.9 Å². The molecular weight excluding hydrogens is 828 g/mol. The summed E-state index contributed by atoms with van der Waals surface area (Å²) in [5.41, 5.74) is 0. The van der Waals surface area contributed by atoms with Crippen molar-refractivity contribution in [2.75, 3.05) is 40.9 Å². The first kappa shape index (κ1) is 62.7. The van der Waals surface area contributed by atoms with E-state index in [-0.39, 0.29) is 12.5 Å². The number of allylic oxidation sites excluding steroid dienone is 13. The molecule has 0 aliphatic rings. The molecule has 0 aliphatic carbocycles. The number of unbranched alkanes of at least 4 members (excludes halogenated alkanes) is 22. The van der Waals surface area contributed by atoms with Crippen LogP contribution in [-0.2, 0) is 18.4 Å². The molecule has 0 heterocycles. The maximum atomic E-state index is 12.9. The predicted octanol–water partition coefficient (Wildman–Crippen LogP) is 15.1. The summed E-state index contributed by atoms with van der Waals surface area (Å²) in [6.45, 7) is 4.45. The molecule has 0 bridgehead atoms. The van der Waals surface area contributed by atoms with Crippen LogP contribution in [0, 0.1) is 0 Å². The van der Waals surface area contributed by atoms with Gasteiger partial charge in [-0.3, -0.25) is 9.36 Å². The summed E-state index contributed by atoms with van der Waals surface area (Å²) < 4.78 is 23.2. The van der Waals surface area contributed by atoms with Crippen LogP contribution >= 0.6 is 7.82 Å². The minimum atomic E-state index is -4.60. The number of aliphatic hydroxyl groups is 1. The van der Waals surface area contributed by atoms with Gasteiger partial charge < -0.3 is 28.8 Å². The van der Waals surface area contributed by atoms with E-state index in [4.69, 9.17) is 9.05 Å². The molecule has 0 radical (unpaired) electrons. The van der Waals surface area contributed by atoms with Gasteiger partial charge in [-0.05, 0) is 77.0 Å². The minimum Gasteiger partial charge on any atom is -0.756 e. The summed E-state index contributed by atoms with van der Waals surface area (Å²) in [6, 6.07) is -0.911. The van der Waals surface area contributed by atoms with Crippen molar-refractivity contribution in [1.82, 2.24) is 5.32 Å². The van der Waals surface area contributed by atoms with Gasteiger partial charge in [-0.15, -0.1) is 0 Å². The SMILES string of the molecule is CC/C=C\C/C=C\C/C=C\C/C=C\CCCCCCCCCCCCCCCCCCCCC(=O)NC(COP(=O)([O-])OCC[N+](C)(C)C)C(O)/C=C/CC/C=C/CC/C=C/CCCC. The normalized spacial score (nSPS) is 14.8. The Labute approximate surface area is 401 Å². The van der Waals surface area contributed by atoms with Crippen molar-refractivity contribution in [1.29, 1.82) is 0 Å². The number of aliphatic hydroxyl groups excluding tert-OH is 1. The summed E-state index contributed by atoms with van der Waals surface area (Å²) in [5, 5.41) is 13.8. The molecule has 0 rings (SSSR count). The zero-order chi connectivity index (χ0) is 47.8. The van der Waals surface area contributed by atoms with E-state index in [0.717, 1.165) is 77.0 Å². The van der Waals surface area contributed by atoms with Crippen molar-refractivity contribution in [2.45, 2.75) is 225 Å². The molecule has 0 aromatic carbocycles. The second-order valence-corrected chi connectivity index (χ2v) is 20.2. The maximum Gasteiger partial charge on any atom is 0.268 e. The lowest BCUT2D eigenvalue weighted by Gasteiger charge is -2.29. The zero-order valence-electron chi connectivity index (χ0n) is 42.7. The lowest BCUT2D eigenvalue weighted by atomic mass is 10.0. The molecule has 0 aromatic rings. The number of amides is 1. The van der Waals surface area contributed by atoms with Crippen molar-refractivity contribution >= 4 is 13.7 Å². The van der Waals surface area contributed by atoms with Gasteiger partial charge in [0.2, 0.25) is 5.91 Å². The highest BCUT2D eigenvalue weighted by atomic mass is 31.2. The van der Waals surface area contributed by atoms with Gasteiger partial charge >= 0.3 is 0 Å². The van der Waals surface area contributed by atoms with Gasteiger partial charge in [-0.25, -0.2) is 0 Å². The monoisotopic (exact) mass is 929 g/mol. The molecule has 376 valence electrons. The highest BCUT2D eigenvalue weighted by Gasteiger charge is 2.23. The van der Waals surface area contributed by atoms with Crippen LogP contribution in [0.3, 0.4) is 0 Å². The Balaban J connectivity index is 4.09. The predicted molar refractivity (Wildman–Crippen MR) is 279 cm³/mol. The number of nitrogens with zero attached hydrogens (tertiary/aromatic N) is 1. The van der Waals surface area contributed by atoms with Crippen LogP contribution in [-0.4, -0.2) is 68.5 Å². The summed E-state index contributed by atoms with van der Waals surface area (Å²) >= 11 is 0. The number of hydrogen-bond donors (Lipinski definition) is 2. The molecule has 8 nitrogen and oxygen atoms in total. The summed E-state index contributed by atoms with van der Waals surface area (Å²) in [6.07, 6.45) is 65.2. The molecule has 0 fully saturated rings. The van der Waals surface area contributed by atoms with E-state index in [1.165, 1.54) is 116 Å². The first-order valence-corrected chi connectivity index (χ1v) is 27.9. The molecule has 1 amide bonds. The van der Waals surface area contributed by atoms with Crippen molar-refractivity contribution in [2.24, 2.45) is 0 Å². The highest BCUT2D eigenvalue weighted by molar-refractivity contribution is 7.45. The van der Waals surface area contributed by atoms with Crippen LogP contribution in [0.4, 0.5) is 0 Å². The fourth-order valence-electron chi connectivity index (χ4n) is 7.16. The number of nitrogens with one attached hydrogen (secondary N) is 1. The molecule has 0 spiro atoms. The number of quaternary nitrogens is 1. The van der Waals surface area contributed by atoms with Gasteiger partial charge in [-0.2, -0.15) is 0 Å². The lowest BCUT2D eigenvalue weighted by Crippen LogP contribution is -2.45. The Kier molecular flexibility index (Phi) is 45.1. The molecule has 0 saturated heterocycles. The molecule has 3 unspecified atom stereocenters. The number of hydrogen-bond acceptors (Lipinski definition) is 6. The van der Waals surface area contributed by atoms with Gasteiger partial charge in [0.25, 0.3) is 7.82 Å². The zero-order valence-corrected chi connectivity index (χ0v) is 43.6. The Morgan fingerprint density at radius 3 is 1.43 bits per heavy atom. The van der Waals surface area contributed by atoms with Crippen molar-refractivity contribution < 1.29 is 32.9 Å². The number of likely N-dealkylation sites (N-methyl/N-ethyl adjacent to an activating group) is 1. The molecule has 0 saturated carbocycles. The molecule has 9 heteroatoms. The molecule has 0 aliphatic heterocycles. The minimum absolute atomic E-state index is 0.0114. The number of phosphoric acid groups is 1. The summed E-state index contributed by atoms with van der Waals surface area (Å²) in [7, 11) is 1.23. The van der Waals surface area contributed by atoms with Crippen LogP contribution in [0.15, 0.2) is 85.1 Å². The second-order valence-electron chi connectivity index (χ2n) is 18.8. The van der Waals surface area contributed by atoms with Crippen LogP contribution in [0.25, 0.3) is 0 Å². The van der Waals surface area contributed by atoms with E-state index < -0.39 is 26.6 Å². The molecule has 65 heavy (non-hydrogen) atoms. The number of carbonyl (C=O) groups is 1. The quantitative estimate of drug-likeness (QED) is 0.0272. The maximum absolute atomic E-state index is 12.9. The van der Waals surface area contributed by atoms with Crippen molar-refractivity contribution in [3.05, 3.63) is 85.1 Å². The smallest absolute Gasteiger partial charge is 0.268 e. The molecule has 0 aromatic heterocycles. The van der Waals surface area contributed by atoms with E-state index in [1.807, 2.05) is 27.2 Å². The fraction of sp³-hybridized carbons (Fsp3) is 0.732. The molecule has 2 N–H and O–H groups in total. The van der Waals surface area contributed by atoms with Crippen LogP contribution < -0.4 is 10.2 Å². The van der Waals surface area contributed by atoms with Gasteiger partial charge in [0, 0.05) is 6.42 Å². The van der Waals surface area contributed by atoms with E-state index in [0.29, 0.717) is 17.4 Å². The number of phosphoric ester groups is 1. The third-order valence-corrected chi connectivity index (χ3v) is 12.3. The summed E-state index contributed by atoms with van der Waals surface area (Å²) in [4.78, 5) is 25.4. The van der Waals surface area contributed by atoms with Crippen LogP contribution in [0.1, 0.15) is 213 Å². The Hall–Kier alpha value is -2.32. The highest BCUT2D eigenvalue weighted by Crippen LogP contribution is 2.38. The standard InChI is InChI=1S/C56H101N2O6P/c1-6-8-10-12-14-16-18-20-21-22-23-24-25-26-27-28-29-30-31-32-33-34-35-36-37-38-40-42-44-46-48-50-56(60)57-54(53-64-65(61,62)63-52-51-58(3,4)5)55(59)49-47-45-43-41-39-19-17-15-13-11-9-7-2/h8,10,13-16,20-21,23-24,39,41,47,49,54-55,59H,6-7,9,11-12,17-19,22,25-38,40,42-46,48,50-53H2,1-5H3,(H-,57,60,61,62)/b10-8-,15-13+,16-14-,21-20-,24-23-,41-39+,49-47+. The average Bonchev–Trinajstić information content (AvgIpc) is 3.26. The summed E-state index contributed by atoms with van der Waals surface area (Å²) in [5.74, 6) is -0.214. The third-order valence-electron chi connectivity index (χ3n) is 11.3. The van der Waals surface area contributed by atoms with E-state index >= 15 is 0 Å². The third kappa shape index (κ3) is 49.4. The lowest BCUT2D eigenvalue weighted by molar-refractivity contribution is -0.870. The topological polar surface area (TPSA) is 108 Å². The van der Waals surface area contributed by atoms with E-state index in [1.54, 1.807) is 6.08 Å². The van der Waals surface area contributed by atoms with Crippen LogP contribution in [0.2, 0.25) is 0 Å². The Bertz CT molecular complexity index is 1330.